The molecule has 1 heterocycles. The Morgan fingerprint density at radius 3 is 2.19 bits per heavy atom. The van der Waals surface area contributed by atoms with Crippen molar-refractivity contribution < 1.29 is 9.66 Å². The van der Waals surface area contributed by atoms with E-state index in [4.69, 9.17) is 4.74 Å². The Hall–Kier alpha value is -3.20. The number of benzene rings is 2. The zero-order chi connectivity index (χ0) is 18.5. The first kappa shape index (κ1) is 17.6. The Balaban J connectivity index is 2.01. The Labute approximate surface area is 157 Å². The smallest absolute Gasteiger partial charge is 0.353 e. The quantitative estimate of drug-likeness (QED) is 0.446. The largest absolute Gasteiger partial charge is 0.495 e. The number of nitro groups is 1. The summed E-state index contributed by atoms with van der Waals surface area (Å²) in [7, 11) is 1.52. The van der Waals surface area contributed by atoms with Gasteiger partial charge in [0.25, 0.3) is 0 Å². The predicted molar refractivity (Wildman–Crippen MR) is 102 cm³/mol. The van der Waals surface area contributed by atoms with Gasteiger partial charge in [-0.3, -0.25) is 10.1 Å². The summed E-state index contributed by atoms with van der Waals surface area (Å²) in [5.41, 5.74) is 0.940. The minimum absolute atomic E-state index is 0.0593. The van der Waals surface area contributed by atoms with Crippen LogP contribution in [0.2, 0.25) is 0 Å². The molecular weight excluding hydrogens is 402 g/mol. The number of nitrogens with zero attached hydrogens (tertiary/aromatic N) is 3. The number of ether oxygens (including phenoxy) is 1. The van der Waals surface area contributed by atoms with E-state index in [1.54, 1.807) is 30.3 Å². The molecule has 9 heteroatoms. The van der Waals surface area contributed by atoms with E-state index in [1.165, 1.54) is 13.4 Å². The van der Waals surface area contributed by atoms with Gasteiger partial charge in [0.15, 0.2) is 0 Å². The lowest BCUT2D eigenvalue weighted by Crippen LogP contribution is -2.06. The second-order valence-corrected chi connectivity index (χ2v) is 5.96. The topological polar surface area (TPSA) is 102 Å². The molecule has 8 nitrogen and oxygen atoms in total. The molecule has 2 aromatic carbocycles. The maximum atomic E-state index is 11.7. The van der Waals surface area contributed by atoms with Crippen LogP contribution in [0.3, 0.4) is 0 Å². The first-order chi connectivity index (χ1) is 12.6. The third kappa shape index (κ3) is 3.72. The highest BCUT2D eigenvalue weighted by Gasteiger charge is 2.24. The second kappa shape index (κ2) is 7.79. The van der Waals surface area contributed by atoms with Gasteiger partial charge in [0, 0.05) is 4.47 Å². The Morgan fingerprint density at radius 2 is 1.58 bits per heavy atom. The van der Waals surface area contributed by atoms with Crippen molar-refractivity contribution >= 4 is 44.6 Å². The number of hydrogen-bond donors (Lipinski definition) is 2. The van der Waals surface area contributed by atoms with E-state index < -0.39 is 4.92 Å². The van der Waals surface area contributed by atoms with E-state index >= 15 is 0 Å². The molecule has 0 fully saturated rings. The van der Waals surface area contributed by atoms with Crippen molar-refractivity contribution in [3.8, 4) is 5.75 Å². The number of anilines is 4. The van der Waals surface area contributed by atoms with Crippen LogP contribution >= 0.6 is 15.9 Å². The molecule has 2 N–H and O–H groups in total. The number of rotatable bonds is 6. The molecule has 0 spiro atoms. The van der Waals surface area contributed by atoms with Gasteiger partial charge in [-0.1, -0.05) is 24.3 Å². The fraction of sp³-hybridized carbons (Fsp3) is 0.0588. The molecule has 26 heavy (non-hydrogen) atoms. The summed E-state index contributed by atoms with van der Waals surface area (Å²) < 4.78 is 6.02. The average Bonchev–Trinajstić information content (AvgIpc) is 2.64. The van der Waals surface area contributed by atoms with Gasteiger partial charge in [0.05, 0.1) is 23.4 Å². The molecule has 0 radical (unpaired) electrons. The molecule has 3 rings (SSSR count). The van der Waals surface area contributed by atoms with E-state index in [1.807, 2.05) is 18.2 Å². The van der Waals surface area contributed by atoms with Crippen molar-refractivity contribution in [2.75, 3.05) is 17.7 Å². The van der Waals surface area contributed by atoms with Gasteiger partial charge in [-0.25, -0.2) is 9.97 Å². The van der Waals surface area contributed by atoms with Crippen LogP contribution in [-0.4, -0.2) is 22.0 Å². The third-order valence-corrected chi connectivity index (χ3v) is 4.18. The lowest BCUT2D eigenvalue weighted by molar-refractivity contribution is -0.383. The first-order valence-corrected chi connectivity index (χ1v) is 8.30. The van der Waals surface area contributed by atoms with Crippen LogP contribution in [0, 0.1) is 10.1 Å². The Morgan fingerprint density at radius 1 is 1.00 bits per heavy atom. The monoisotopic (exact) mass is 415 g/mol. The van der Waals surface area contributed by atoms with Crippen LogP contribution in [0.4, 0.5) is 28.7 Å². The Kier molecular flexibility index (Phi) is 5.28. The standard InChI is InChI=1S/C17H14BrN5O3/c1-26-14-9-5-4-8-13(14)22-17-15(23(24)25)16(19-10-20-17)21-12-7-3-2-6-11(12)18/h2-10H,1H3,(H2,19,20,21,22). The van der Waals surface area contributed by atoms with Crippen LogP contribution in [-0.2, 0) is 0 Å². The lowest BCUT2D eigenvalue weighted by atomic mass is 10.3. The molecule has 0 aliphatic heterocycles. The fourth-order valence-electron chi connectivity index (χ4n) is 2.30. The maximum Gasteiger partial charge on any atom is 0.353 e. The molecule has 132 valence electrons. The summed E-state index contributed by atoms with van der Waals surface area (Å²) in [4.78, 5) is 19.2. The second-order valence-electron chi connectivity index (χ2n) is 5.11. The highest BCUT2D eigenvalue weighted by molar-refractivity contribution is 9.10. The van der Waals surface area contributed by atoms with Crippen LogP contribution in [0.1, 0.15) is 0 Å². The van der Waals surface area contributed by atoms with Gasteiger partial charge in [-0.05, 0) is 40.2 Å². The molecule has 0 amide bonds. The van der Waals surface area contributed by atoms with E-state index in [0.717, 1.165) is 4.47 Å². The van der Waals surface area contributed by atoms with Crippen molar-refractivity contribution in [2.24, 2.45) is 0 Å². The van der Waals surface area contributed by atoms with Crippen LogP contribution < -0.4 is 15.4 Å². The summed E-state index contributed by atoms with van der Waals surface area (Å²) in [6.45, 7) is 0. The van der Waals surface area contributed by atoms with Crippen molar-refractivity contribution in [2.45, 2.75) is 0 Å². The van der Waals surface area contributed by atoms with E-state index in [9.17, 15) is 10.1 Å². The molecule has 0 atom stereocenters. The third-order valence-electron chi connectivity index (χ3n) is 3.49. The zero-order valence-corrected chi connectivity index (χ0v) is 15.2. The molecule has 0 saturated carbocycles. The van der Waals surface area contributed by atoms with Gasteiger partial charge in [-0.2, -0.15) is 0 Å². The molecule has 0 aliphatic rings. The number of hydrogen-bond acceptors (Lipinski definition) is 7. The zero-order valence-electron chi connectivity index (χ0n) is 13.6. The van der Waals surface area contributed by atoms with Gasteiger partial charge in [0.1, 0.15) is 12.1 Å². The van der Waals surface area contributed by atoms with Gasteiger partial charge in [0.2, 0.25) is 11.6 Å². The van der Waals surface area contributed by atoms with Crippen LogP contribution in [0.25, 0.3) is 0 Å². The summed E-state index contributed by atoms with van der Waals surface area (Å²) in [6, 6.07) is 14.3. The summed E-state index contributed by atoms with van der Waals surface area (Å²) in [5, 5.41) is 17.6. The van der Waals surface area contributed by atoms with E-state index in [2.05, 4.69) is 36.5 Å². The summed E-state index contributed by atoms with van der Waals surface area (Å²) in [6.07, 6.45) is 1.25. The fourth-order valence-corrected chi connectivity index (χ4v) is 2.68. The minimum atomic E-state index is -0.531. The van der Waals surface area contributed by atoms with Gasteiger partial charge < -0.3 is 15.4 Å². The molecule has 0 saturated heterocycles. The molecule has 3 aromatic rings. The summed E-state index contributed by atoms with van der Waals surface area (Å²) >= 11 is 3.40. The molecule has 0 bridgehead atoms. The molecular formula is C17H14BrN5O3. The number of methoxy groups -OCH3 is 1. The Bertz CT molecular complexity index is 951. The van der Waals surface area contributed by atoms with Crippen molar-refractivity contribution in [1.82, 2.24) is 9.97 Å². The van der Waals surface area contributed by atoms with Crippen molar-refractivity contribution in [3.63, 3.8) is 0 Å². The van der Waals surface area contributed by atoms with Crippen molar-refractivity contribution in [3.05, 3.63) is 69.4 Å². The highest BCUT2D eigenvalue weighted by atomic mass is 79.9. The minimum Gasteiger partial charge on any atom is -0.495 e. The number of halogens is 1. The normalized spacial score (nSPS) is 10.2. The van der Waals surface area contributed by atoms with Crippen molar-refractivity contribution in [1.29, 1.82) is 0 Å². The van der Waals surface area contributed by atoms with E-state index in [0.29, 0.717) is 17.1 Å². The summed E-state index contributed by atoms with van der Waals surface area (Å²) in [5.74, 6) is 0.680. The SMILES string of the molecule is COc1ccccc1Nc1ncnc(Nc2ccccc2Br)c1[N+](=O)[O-]. The number of aromatic nitrogens is 2. The lowest BCUT2D eigenvalue weighted by Gasteiger charge is -2.12. The predicted octanol–water partition coefficient (Wildman–Crippen LogP) is 4.64. The average molecular weight is 416 g/mol. The highest BCUT2D eigenvalue weighted by Crippen LogP contribution is 2.36. The van der Waals surface area contributed by atoms with Crippen LogP contribution in [0.15, 0.2) is 59.3 Å². The van der Waals surface area contributed by atoms with Gasteiger partial charge >= 0.3 is 5.69 Å². The van der Waals surface area contributed by atoms with Crippen LogP contribution in [0.5, 0.6) is 5.75 Å². The number of nitrogens with one attached hydrogen (secondary N) is 2. The van der Waals surface area contributed by atoms with Gasteiger partial charge in [-0.15, -0.1) is 0 Å². The molecule has 1 aromatic heterocycles. The van der Waals surface area contributed by atoms with E-state index in [-0.39, 0.29) is 17.3 Å². The molecule has 0 aliphatic carbocycles. The first-order valence-electron chi connectivity index (χ1n) is 7.51. The molecule has 0 unspecified atom stereocenters. The maximum absolute atomic E-state index is 11.7. The number of para-hydroxylation sites is 3.